The van der Waals surface area contributed by atoms with E-state index in [0.717, 1.165) is 24.0 Å². The summed E-state index contributed by atoms with van der Waals surface area (Å²) in [6.07, 6.45) is 4.64. The Labute approximate surface area is 80.0 Å². The lowest BCUT2D eigenvalue weighted by Crippen LogP contribution is -2.10. The fourth-order valence-corrected chi connectivity index (χ4v) is 1.56. The predicted octanol–water partition coefficient (Wildman–Crippen LogP) is 2.83. The summed E-state index contributed by atoms with van der Waals surface area (Å²) in [6.45, 7) is 6.02. The second-order valence-corrected chi connectivity index (χ2v) is 3.70. The maximum atomic E-state index is 11.1. The molecule has 0 radical (unpaired) electrons. The van der Waals surface area contributed by atoms with Crippen molar-refractivity contribution in [1.82, 2.24) is 0 Å². The van der Waals surface area contributed by atoms with Gasteiger partial charge >= 0.3 is 5.97 Å². The van der Waals surface area contributed by atoms with Crippen molar-refractivity contribution >= 4 is 5.97 Å². The molecule has 0 saturated carbocycles. The van der Waals surface area contributed by atoms with E-state index in [1.165, 1.54) is 12.8 Å². The van der Waals surface area contributed by atoms with Gasteiger partial charge in [-0.05, 0) is 32.3 Å². The number of esters is 1. The van der Waals surface area contributed by atoms with E-state index in [4.69, 9.17) is 4.74 Å². The quantitative estimate of drug-likeness (QED) is 0.493. The van der Waals surface area contributed by atoms with Gasteiger partial charge in [0.2, 0.25) is 0 Å². The third kappa shape index (κ3) is 2.33. The molecule has 0 aromatic carbocycles. The van der Waals surface area contributed by atoms with Gasteiger partial charge in [0.1, 0.15) is 6.10 Å². The molecule has 1 rings (SSSR count). The molecular weight excluding hydrogens is 164 g/mol. The average Bonchev–Trinajstić information content (AvgIpc) is 2.34. The van der Waals surface area contributed by atoms with Gasteiger partial charge in [-0.1, -0.05) is 19.8 Å². The van der Waals surface area contributed by atoms with Crippen LogP contribution in [0.5, 0.6) is 0 Å². The van der Waals surface area contributed by atoms with E-state index in [1.54, 1.807) is 0 Å². The standard InChI is InChI=1S/C11H18O2/c1-4-5-6-7-10-8(2)9(3)11(12)13-10/h10H,4-7H2,1-3H3. The first-order valence-corrected chi connectivity index (χ1v) is 5.05. The fourth-order valence-electron chi connectivity index (χ4n) is 1.56. The van der Waals surface area contributed by atoms with Gasteiger partial charge in [-0.3, -0.25) is 0 Å². The summed E-state index contributed by atoms with van der Waals surface area (Å²) in [6, 6.07) is 0. The molecule has 1 atom stereocenters. The number of carbonyl (C=O) groups excluding carboxylic acids is 1. The zero-order chi connectivity index (χ0) is 9.84. The van der Waals surface area contributed by atoms with Crippen LogP contribution in [0.2, 0.25) is 0 Å². The van der Waals surface area contributed by atoms with Crippen molar-refractivity contribution in [2.24, 2.45) is 0 Å². The second kappa shape index (κ2) is 4.45. The Morgan fingerprint density at radius 3 is 2.46 bits per heavy atom. The highest BCUT2D eigenvalue weighted by Crippen LogP contribution is 2.25. The molecule has 0 saturated heterocycles. The summed E-state index contributed by atoms with van der Waals surface area (Å²) in [5.41, 5.74) is 1.93. The predicted molar refractivity (Wildman–Crippen MR) is 52.4 cm³/mol. The highest BCUT2D eigenvalue weighted by Gasteiger charge is 2.27. The topological polar surface area (TPSA) is 26.3 Å². The monoisotopic (exact) mass is 182 g/mol. The molecule has 0 N–H and O–H groups in total. The molecule has 0 aromatic heterocycles. The van der Waals surface area contributed by atoms with Gasteiger partial charge in [0, 0.05) is 5.57 Å². The first-order chi connectivity index (χ1) is 6.16. The first kappa shape index (κ1) is 10.3. The molecule has 0 amide bonds. The Bertz CT molecular complexity index is 228. The van der Waals surface area contributed by atoms with Crippen molar-refractivity contribution in [3.8, 4) is 0 Å². The van der Waals surface area contributed by atoms with E-state index < -0.39 is 0 Å². The van der Waals surface area contributed by atoms with Crippen molar-refractivity contribution in [2.75, 3.05) is 0 Å². The van der Waals surface area contributed by atoms with E-state index in [2.05, 4.69) is 6.92 Å². The molecule has 0 fully saturated rings. The second-order valence-electron chi connectivity index (χ2n) is 3.70. The maximum absolute atomic E-state index is 11.1. The molecule has 0 spiro atoms. The van der Waals surface area contributed by atoms with Gasteiger partial charge in [0.05, 0.1) is 0 Å². The van der Waals surface area contributed by atoms with Gasteiger partial charge in [0.15, 0.2) is 0 Å². The van der Waals surface area contributed by atoms with E-state index >= 15 is 0 Å². The molecule has 2 heteroatoms. The number of rotatable bonds is 4. The molecule has 1 heterocycles. The summed E-state index contributed by atoms with van der Waals surface area (Å²) in [4.78, 5) is 11.1. The van der Waals surface area contributed by atoms with Gasteiger partial charge in [-0.25, -0.2) is 4.79 Å². The van der Waals surface area contributed by atoms with Gasteiger partial charge < -0.3 is 4.74 Å². The molecule has 0 aliphatic carbocycles. The van der Waals surface area contributed by atoms with Crippen LogP contribution in [-0.4, -0.2) is 12.1 Å². The lowest BCUT2D eigenvalue weighted by Gasteiger charge is -2.10. The molecule has 0 bridgehead atoms. The minimum atomic E-state index is -0.126. The number of hydrogen-bond acceptors (Lipinski definition) is 2. The fraction of sp³-hybridized carbons (Fsp3) is 0.727. The smallest absolute Gasteiger partial charge is 0.334 e. The summed E-state index contributed by atoms with van der Waals surface area (Å²) in [7, 11) is 0. The molecule has 0 aromatic rings. The van der Waals surface area contributed by atoms with Crippen molar-refractivity contribution in [3.05, 3.63) is 11.1 Å². The van der Waals surface area contributed by atoms with Crippen molar-refractivity contribution in [2.45, 2.75) is 52.6 Å². The van der Waals surface area contributed by atoms with Crippen molar-refractivity contribution < 1.29 is 9.53 Å². The molecule has 74 valence electrons. The SMILES string of the molecule is CCCCCC1OC(=O)C(C)=C1C. The van der Waals surface area contributed by atoms with Crippen LogP contribution in [-0.2, 0) is 9.53 Å². The van der Waals surface area contributed by atoms with Crippen LogP contribution in [0, 0.1) is 0 Å². The molecule has 1 aliphatic rings. The van der Waals surface area contributed by atoms with Gasteiger partial charge in [-0.2, -0.15) is 0 Å². The normalized spacial score (nSPS) is 22.4. The molecule has 1 unspecified atom stereocenters. The zero-order valence-corrected chi connectivity index (χ0v) is 8.72. The first-order valence-electron chi connectivity index (χ1n) is 5.05. The Kier molecular flexibility index (Phi) is 3.52. The van der Waals surface area contributed by atoms with Crippen LogP contribution in [0.25, 0.3) is 0 Å². The van der Waals surface area contributed by atoms with Crippen LogP contribution in [0.4, 0.5) is 0 Å². The van der Waals surface area contributed by atoms with E-state index in [1.807, 2.05) is 13.8 Å². The van der Waals surface area contributed by atoms with Crippen LogP contribution < -0.4 is 0 Å². The largest absolute Gasteiger partial charge is 0.454 e. The molecule has 2 nitrogen and oxygen atoms in total. The van der Waals surface area contributed by atoms with Crippen LogP contribution in [0.15, 0.2) is 11.1 Å². The molecule has 1 aliphatic heterocycles. The minimum absolute atomic E-state index is 0.0686. The summed E-state index contributed by atoms with van der Waals surface area (Å²) < 4.78 is 5.22. The van der Waals surface area contributed by atoms with E-state index in [9.17, 15) is 4.79 Å². The summed E-state index contributed by atoms with van der Waals surface area (Å²) in [5.74, 6) is -0.126. The number of unbranched alkanes of at least 4 members (excludes halogenated alkanes) is 2. The van der Waals surface area contributed by atoms with Gasteiger partial charge in [-0.15, -0.1) is 0 Å². The lowest BCUT2D eigenvalue weighted by atomic mass is 10.0. The molecule has 13 heavy (non-hydrogen) atoms. The summed E-state index contributed by atoms with van der Waals surface area (Å²) >= 11 is 0. The highest BCUT2D eigenvalue weighted by atomic mass is 16.5. The number of hydrogen-bond donors (Lipinski definition) is 0. The Morgan fingerprint density at radius 1 is 1.31 bits per heavy atom. The Hall–Kier alpha value is -0.790. The van der Waals surface area contributed by atoms with E-state index in [-0.39, 0.29) is 12.1 Å². The van der Waals surface area contributed by atoms with Gasteiger partial charge in [0.25, 0.3) is 0 Å². The number of cyclic esters (lactones) is 1. The van der Waals surface area contributed by atoms with Crippen LogP contribution in [0.3, 0.4) is 0 Å². The average molecular weight is 182 g/mol. The third-order valence-corrected chi connectivity index (χ3v) is 2.70. The minimum Gasteiger partial charge on any atom is -0.454 e. The Balaban J connectivity index is 2.42. The molecular formula is C11H18O2. The maximum Gasteiger partial charge on any atom is 0.334 e. The number of ether oxygens (including phenoxy) is 1. The van der Waals surface area contributed by atoms with Crippen molar-refractivity contribution in [3.63, 3.8) is 0 Å². The van der Waals surface area contributed by atoms with E-state index in [0.29, 0.717) is 0 Å². The number of carbonyl (C=O) groups is 1. The van der Waals surface area contributed by atoms with Crippen LogP contribution >= 0.6 is 0 Å². The third-order valence-electron chi connectivity index (χ3n) is 2.70. The van der Waals surface area contributed by atoms with Crippen molar-refractivity contribution in [1.29, 1.82) is 0 Å². The zero-order valence-electron chi connectivity index (χ0n) is 8.72. The Morgan fingerprint density at radius 2 is 2.00 bits per heavy atom. The highest BCUT2D eigenvalue weighted by molar-refractivity contribution is 5.91. The lowest BCUT2D eigenvalue weighted by molar-refractivity contribution is -0.139. The summed E-state index contributed by atoms with van der Waals surface area (Å²) in [5, 5.41) is 0. The van der Waals surface area contributed by atoms with Crippen LogP contribution in [0.1, 0.15) is 46.5 Å².